The molecule has 338 valence electrons. The van der Waals surface area contributed by atoms with E-state index in [4.69, 9.17) is 24.2 Å². The molecule has 2 saturated heterocycles. The maximum Gasteiger partial charge on any atom is 0.407 e. The van der Waals surface area contributed by atoms with E-state index in [1.165, 1.54) is 19.8 Å². The average molecular weight is 873 g/mol. The second-order valence-electron chi connectivity index (χ2n) is 18.9. The van der Waals surface area contributed by atoms with E-state index in [1.807, 2.05) is 22.2 Å². The summed E-state index contributed by atoms with van der Waals surface area (Å²) < 4.78 is 16.5. The van der Waals surface area contributed by atoms with Crippen molar-refractivity contribution in [1.29, 1.82) is 0 Å². The molecular weight excluding hydrogens is 813 g/mol. The molecule has 0 bridgehead atoms. The summed E-state index contributed by atoms with van der Waals surface area (Å²) in [5.74, 6) is 3.21. The first-order valence-corrected chi connectivity index (χ1v) is 23.6. The number of imidazole rings is 2. The Balaban J connectivity index is 0.847. The van der Waals surface area contributed by atoms with Crippen molar-refractivity contribution < 1.29 is 33.4 Å². The van der Waals surface area contributed by atoms with Crippen molar-refractivity contribution in [3.63, 3.8) is 0 Å². The summed E-state index contributed by atoms with van der Waals surface area (Å²) in [6.45, 7) is 1.23. The van der Waals surface area contributed by atoms with Gasteiger partial charge in [0.2, 0.25) is 11.8 Å². The predicted octanol–water partition coefficient (Wildman–Crippen LogP) is 8.59. The van der Waals surface area contributed by atoms with Gasteiger partial charge in [-0.05, 0) is 100 Å². The number of rotatable bonds is 10. The Hall–Kier alpha value is -5.86. The Morgan fingerprint density at radius 3 is 1.64 bits per heavy atom. The van der Waals surface area contributed by atoms with Gasteiger partial charge in [0.15, 0.2) is 0 Å². The number of amides is 4. The van der Waals surface area contributed by atoms with Crippen LogP contribution in [0.3, 0.4) is 0 Å². The zero-order chi connectivity index (χ0) is 44.0. The molecule has 15 heteroatoms. The van der Waals surface area contributed by atoms with Crippen molar-refractivity contribution in [2.75, 3.05) is 27.3 Å². The van der Waals surface area contributed by atoms with Crippen LogP contribution in [-0.4, -0.2) is 93.1 Å². The van der Waals surface area contributed by atoms with Crippen LogP contribution in [0.25, 0.3) is 22.5 Å². The minimum Gasteiger partial charge on any atom is -0.457 e. The van der Waals surface area contributed by atoms with Gasteiger partial charge < -0.3 is 44.6 Å². The molecule has 2 aromatic heterocycles. The molecule has 3 aliphatic carbocycles. The van der Waals surface area contributed by atoms with Gasteiger partial charge in [0.05, 0.1) is 50.1 Å². The number of H-pyrrole nitrogens is 2. The molecule has 1 spiro atoms. The summed E-state index contributed by atoms with van der Waals surface area (Å²) >= 11 is 0. The fourth-order valence-corrected chi connectivity index (χ4v) is 11.6. The molecule has 64 heavy (non-hydrogen) atoms. The van der Waals surface area contributed by atoms with E-state index in [0.29, 0.717) is 13.1 Å². The van der Waals surface area contributed by atoms with E-state index in [-0.39, 0.29) is 41.1 Å². The third-order valence-corrected chi connectivity index (χ3v) is 15.2. The Bertz CT molecular complexity index is 2390. The molecule has 5 heterocycles. The van der Waals surface area contributed by atoms with Crippen LogP contribution in [0.5, 0.6) is 11.5 Å². The van der Waals surface area contributed by atoms with Crippen LogP contribution < -0.4 is 15.4 Å². The lowest BCUT2D eigenvalue weighted by Gasteiger charge is -2.34. The number of hydrogen-bond acceptors (Lipinski definition) is 9. The number of nitrogens with zero attached hydrogens (tertiary/aromatic N) is 4. The topological polar surface area (TPSA) is 184 Å². The molecule has 10 rings (SSSR count). The Labute approximate surface area is 373 Å². The van der Waals surface area contributed by atoms with Crippen LogP contribution in [0.4, 0.5) is 9.59 Å². The van der Waals surface area contributed by atoms with E-state index >= 15 is 0 Å². The lowest BCUT2D eigenvalue weighted by atomic mass is 9.83. The van der Waals surface area contributed by atoms with Gasteiger partial charge in [0, 0.05) is 40.8 Å². The van der Waals surface area contributed by atoms with Crippen molar-refractivity contribution in [2.24, 2.45) is 11.8 Å². The first-order valence-electron chi connectivity index (χ1n) is 23.6. The van der Waals surface area contributed by atoms with E-state index < -0.39 is 24.3 Å². The van der Waals surface area contributed by atoms with Gasteiger partial charge >= 0.3 is 12.2 Å². The number of aromatic amines is 2. The molecule has 0 unspecified atom stereocenters. The lowest BCUT2D eigenvalue weighted by Crippen LogP contribution is -2.52. The maximum atomic E-state index is 14.2. The summed E-state index contributed by atoms with van der Waals surface area (Å²) in [6, 6.07) is 11.1. The summed E-state index contributed by atoms with van der Waals surface area (Å²) in [7, 11) is 2.67. The van der Waals surface area contributed by atoms with E-state index in [0.717, 1.165) is 154 Å². The zero-order valence-electron chi connectivity index (χ0n) is 37.0. The van der Waals surface area contributed by atoms with Gasteiger partial charge in [0.1, 0.15) is 35.2 Å². The first kappa shape index (κ1) is 42.1. The number of alkyl carbamates (subject to hydrolysis) is 2. The molecule has 0 radical (unpaired) electrons. The molecule has 6 aliphatic rings. The van der Waals surface area contributed by atoms with Crippen LogP contribution in [-0.2, 0) is 24.5 Å². The van der Waals surface area contributed by atoms with Crippen LogP contribution in [0, 0.1) is 11.8 Å². The number of hydrogen-bond donors (Lipinski definition) is 4. The normalized spacial score (nSPS) is 22.5. The van der Waals surface area contributed by atoms with Gasteiger partial charge in [-0.25, -0.2) is 19.6 Å². The van der Waals surface area contributed by atoms with Crippen LogP contribution in [0.1, 0.15) is 138 Å². The van der Waals surface area contributed by atoms with Gasteiger partial charge in [-0.1, -0.05) is 50.7 Å². The zero-order valence-corrected chi connectivity index (χ0v) is 37.0. The smallest absolute Gasteiger partial charge is 0.407 e. The van der Waals surface area contributed by atoms with E-state index in [9.17, 15) is 19.2 Å². The number of carbonyl (C=O) groups excluding carboxylic acids is 4. The molecule has 4 amide bonds. The number of likely N-dealkylation sites (tertiary alicyclic amines) is 2. The van der Waals surface area contributed by atoms with Crippen LogP contribution in [0.2, 0.25) is 0 Å². The summed E-state index contributed by atoms with van der Waals surface area (Å²) in [4.78, 5) is 73.6. The molecule has 4 aromatic rings. The lowest BCUT2D eigenvalue weighted by molar-refractivity contribution is -0.136. The van der Waals surface area contributed by atoms with E-state index in [2.05, 4.69) is 57.0 Å². The van der Waals surface area contributed by atoms with Gasteiger partial charge in [-0.2, -0.15) is 0 Å². The third-order valence-electron chi connectivity index (χ3n) is 15.2. The van der Waals surface area contributed by atoms with Crippen molar-refractivity contribution in [1.82, 2.24) is 40.4 Å². The molecule has 2 aromatic carbocycles. The minimum atomic E-state index is -0.616. The van der Waals surface area contributed by atoms with Gasteiger partial charge in [0.25, 0.3) is 0 Å². The summed E-state index contributed by atoms with van der Waals surface area (Å²) in [6.07, 6.45) is 18.1. The maximum absolute atomic E-state index is 14.2. The summed E-state index contributed by atoms with van der Waals surface area (Å²) in [5, 5.41) is 5.77. The molecule has 5 fully saturated rings. The average Bonchev–Trinajstić information content (AvgIpc) is 3.90. The Kier molecular flexibility index (Phi) is 11.6. The monoisotopic (exact) mass is 872 g/mol. The second kappa shape index (κ2) is 17.6. The molecule has 3 aliphatic heterocycles. The predicted molar refractivity (Wildman–Crippen MR) is 237 cm³/mol. The van der Waals surface area contributed by atoms with Gasteiger partial charge in [-0.15, -0.1) is 0 Å². The molecule has 3 saturated carbocycles. The van der Waals surface area contributed by atoms with Crippen molar-refractivity contribution in [3.8, 4) is 34.0 Å². The molecule has 15 nitrogen and oxygen atoms in total. The molecule has 4 N–H and O–H groups in total. The number of carbonyl (C=O) groups is 4. The van der Waals surface area contributed by atoms with Crippen molar-refractivity contribution >= 4 is 24.0 Å². The van der Waals surface area contributed by atoms with Gasteiger partial charge in [-0.3, -0.25) is 9.59 Å². The highest BCUT2D eigenvalue weighted by atomic mass is 16.5. The standard InChI is InChI=1S/C49H60N8O7/c1-62-47(60)54-41(29-11-5-3-6-12-29)45(58)56-23-9-15-37(56)43-50-27-35(52-43)31-18-20-39-34(25-31)49(21-22-49)33-19-17-32(26-40(33)64-39)36-28-51-44(53-36)38-16-10-24-57(38)46(59)42(55-48(61)63-2)30-13-7-4-8-14-30/h17-20,25-30,37-38,41-42H,3-16,21-24H2,1-2H3,(H,50,52)(H,51,53)(H,54,60)(H,55,61)/t37-,38-,41-,42-/m0/s1. The highest BCUT2D eigenvalue weighted by molar-refractivity contribution is 5.87. The number of ether oxygens (including phenoxy) is 3. The number of fused-ring (bicyclic) bond motifs is 4. The highest BCUT2D eigenvalue weighted by Gasteiger charge is 2.52. The number of aromatic nitrogens is 4. The fourth-order valence-electron chi connectivity index (χ4n) is 11.6. The third kappa shape index (κ3) is 7.88. The molecule has 4 atom stereocenters. The first-order chi connectivity index (χ1) is 31.2. The highest BCUT2D eigenvalue weighted by Crippen LogP contribution is 2.62. The largest absolute Gasteiger partial charge is 0.457 e. The fraction of sp³-hybridized carbons (Fsp3) is 0.551. The number of methoxy groups -OCH3 is 2. The number of benzene rings is 2. The Morgan fingerprint density at radius 2 is 1.14 bits per heavy atom. The second-order valence-corrected chi connectivity index (χ2v) is 18.9. The van der Waals surface area contributed by atoms with Crippen LogP contribution >= 0.6 is 0 Å². The van der Waals surface area contributed by atoms with Crippen molar-refractivity contribution in [2.45, 2.75) is 132 Å². The number of nitrogens with one attached hydrogen (secondary N) is 4. The minimum absolute atomic E-state index is 0.0596. The molecular formula is C49H60N8O7. The Morgan fingerprint density at radius 1 is 0.641 bits per heavy atom. The summed E-state index contributed by atoms with van der Waals surface area (Å²) in [5.41, 5.74) is 5.87. The SMILES string of the molecule is COC(=O)N[C@H](C(=O)N1CCC[C@H]1c1ncc(-c2ccc3c(c2)Oc2ccc(-c4cnc([C@@H]5CCCN5C(=O)[C@@H](NC(=O)OC)C5CCCCC5)[nH]4)cc2C32CC2)[nH]1)C1CCCCC1. The quantitative estimate of drug-likeness (QED) is 0.121. The van der Waals surface area contributed by atoms with Crippen LogP contribution in [0.15, 0.2) is 48.8 Å². The van der Waals surface area contributed by atoms with Crippen molar-refractivity contribution in [3.05, 3.63) is 71.6 Å². The van der Waals surface area contributed by atoms with E-state index in [1.54, 1.807) is 0 Å².